The Kier molecular flexibility index (Phi) is 6.92. The minimum absolute atomic E-state index is 0.0640. The van der Waals surface area contributed by atoms with Crippen molar-refractivity contribution in [1.82, 2.24) is 0 Å². The smallest absolute Gasteiger partial charge is 0.250 e. The molecule has 0 aromatic heterocycles. The van der Waals surface area contributed by atoms with Crippen LogP contribution in [0.25, 0.3) is 0 Å². The third kappa shape index (κ3) is 6.22. The van der Waals surface area contributed by atoms with E-state index >= 15 is 0 Å². The highest BCUT2D eigenvalue weighted by Gasteiger charge is 2.03. The summed E-state index contributed by atoms with van der Waals surface area (Å²) in [7, 11) is 3.20. The lowest BCUT2D eigenvalue weighted by molar-refractivity contribution is -0.119. The predicted octanol–water partition coefficient (Wildman–Crippen LogP) is 1.97. The summed E-state index contributed by atoms with van der Waals surface area (Å²) >= 11 is 0. The van der Waals surface area contributed by atoms with E-state index in [0.29, 0.717) is 5.92 Å². The van der Waals surface area contributed by atoms with E-state index in [4.69, 9.17) is 9.47 Å². The molecule has 0 saturated heterocycles. The standard InChI is InChI=1S/C14H22N2O3/c1-11(9-18-2)8-15-12-4-6-13(7-5-12)16-14(17)10-19-3/h4-7,11,15H,8-10H2,1-3H3,(H,16,17). The zero-order valence-corrected chi connectivity index (χ0v) is 11.7. The normalized spacial score (nSPS) is 11.9. The molecule has 0 fully saturated rings. The fraction of sp³-hybridized carbons (Fsp3) is 0.500. The lowest BCUT2D eigenvalue weighted by Crippen LogP contribution is -2.17. The second kappa shape index (κ2) is 8.50. The number of benzene rings is 1. The Morgan fingerprint density at radius 3 is 2.37 bits per heavy atom. The zero-order valence-electron chi connectivity index (χ0n) is 11.7. The molecule has 19 heavy (non-hydrogen) atoms. The molecule has 0 aliphatic rings. The molecule has 0 aliphatic heterocycles. The van der Waals surface area contributed by atoms with Crippen LogP contribution in [0.2, 0.25) is 0 Å². The number of hydrogen-bond acceptors (Lipinski definition) is 4. The number of amides is 1. The molecule has 5 heteroatoms. The van der Waals surface area contributed by atoms with Crippen LogP contribution < -0.4 is 10.6 Å². The van der Waals surface area contributed by atoms with Crippen molar-refractivity contribution >= 4 is 17.3 Å². The van der Waals surface area contributed by atoms with E-state index in [0.717, 1.165) is 24.5 Å². The minimum atomic E-state index is -0.156. The Bertz CT molecular complexity index is 379. The van der Waals surface area contributed by atoms with Gasteiger partial charge in [-0.15, -0.1) is 0 Å². The second-order valence-corrected chi connectivity index (χ2v) is 4.50. The molecular weight excluding hydrogens is 244 g/mol. The highest BCUT2D eigenvalue weighted by Crippen LogP contribution is 2.14. The summed E-state index contributed by atoms with van der Waals surface area (Å²) < 4.78 is 9.83. The monoisotopic (exact) mass is 266 g/mol. The van der Waals surface area contributed by atoms with E-state index in [1.807, 2.05) is 24.3 Å². The molecule has 0 heterocycles. The Morgan fingerprint density at radius 1 is 1.16 bits per heavy atom. The SMILES string of the molecule is COCC(=O)Nc1ccc(NCC(C)COC)cc1. The lowest BCUT2D eigenvalue weighted by Gasteiger charge is -2.13. The largest absolute Gasteiger partial charge is 0.385 e. The molecule has 1 aromatic rings. The highest BCUT2D eigenvalue weighted by atomic mass is 16.5. The van der Waals surface area contributed by atoms with E-state index in [2.05, 4.69) is 17.6 Å². The molecule has 2 N–H and O–H groups in total. The number of hydrogen-bond donors (Lipinski definition) is 2. The van der Waals surface area contributed by atoms with Crippen LogP contribution in [0.1, 0.15) is 6.92 Å². The molecule has 0 saturated carbocycles. The Hall–Kier alpha value is -1.59. The third-order valence-corrected chi connectivity index (χ3v) is 2.55. The van der Waals surface area contributed by atoms with Gasteiger partial charge in [0.2, 0.25) is 5.91 Å². The fourth-order valence-corrected chi connectivity index (χ4v) is 1.64. The van der Waals surface area contributed by atoms with Gasteiger partial charge in [-0.2, -0.15) is 0 Å². The topological polar surface area (TPSA) is 59.6 Å². The molecule has 0 bridgehead atoms. The number of carbonyl (C=O) groups excluding carboxylic acids is 1. The third-order valence-electron chi connectivity index (χ3n) is 2.55. The summed E-state index contributed by atoms with van der Waals surface area (Å²) in [6.45, 7) is 3.77. The molecule has 106 valence electrons. The fourth-order valence-electron chi connectivity index (χ4n) is 1.64. The van der Waals surface area contributed by atoms with Crippen LogP contribution in [0.15, 0.2) is 24.3 Å². The van der Waals surface area contributed by atoms with Crippen LogP contribution in [0.5, 0.6) is 0 Å². The van der Waals surface area contributed by atoms with Crippen LogP contribution in [0, 0.1) is 5.92 Å². The summed E-state index contributed by atoms with van der Waals surface area (Å²) in [6, 6.07) is 7.58. The Morgan fingerprint density at radius 2 is 1.79 bits per heavy atom. The van der Waals surface area contributed by atoms with Gasteiger partial charge in [-0.3, -0.25) is 4.79 Å². The van der Waals surface area contributed by atoms with Gasteiger partial charge in [-0.05, 0) is 30.2 Å². The quantitative estimate of drug-likeness (QED) is 0.755. The average molecular weight is 266 g/mol. The van der Waals surface area contributed by atoms with E-state index in [9.17, 15) is 4.79 Å². The van der Waals surface area contributed by atoms with Crippen molar-refractivity contribution in [3.63, 3.8) is 0 Å². The van der Waals surface area contributed by atoms with Gasteiger partial charge in [0.1, 0.15) is 6.61 Å². The maximum absolute atomic E-state index is 11.3. The van der Waals surface area contributed by atoms with Gasteiger partial charge >= 0.3 is 0 Å². The molecule has 0 spiro atoms. The van der Waals surface area contributed by atoms with E-state index < -0.39 is 0 Å². The van der Waals surface area contributed by atoms with Gasteiger partial charge < -0.3 is 20.1 Å². The molecule has 5 nitrogen and oxygen atoms in total. The number of ether oxygens (including phenoxy) is 2. The van der Waals surface area contributed by atoms with E-state index in [-0.39, 0.29) is 12.5 Å². The Labute approximate surface area is 114 Å². The maximum Gasteiger partial charge on any atom is 0.250 e. The van der Waals surface area contributed by atoms with Crippen LogP contribution in [0.4, 0.5) is 11.4 Å². The maximum atomic E-state index is 11.3. The summed E-state index contributed by atoms with van der Waals surface area (Å²) in [4.78, 5) is 11.3. The number of rotatable bonds is 8. The number of methoxy groups -OCH3 is 2. The average Bonchev–Trinajstić information content (AvgIpc) is 2.38. The molecule has 1 unspecified atom stereocenters. The first kappa shape index (κ1) is 15.5. The molecule has 1 atom stereocenters. The summed E-state index contributed by atoms with van der Waals surface area (Å²) in [6.07, 6.45) is 0. The van der Waals surface area contributed by atoms with Crippen molar-refractivity contribution in [1.29, 1.82) is 0 Å². The predicted molar refractivity (Wildman–Crippen MR) is 76.5 cm³/mol. The number of nitrogens with one attached hydrogen (secondary N) is 2. The minimum Gasteiger partial charge on any atom is -0.385 e. The summed E-state index contributed by atoms with van der Waals surface area (Å²) in [5, 5.41) is 6.06. The van der Waals surface area contributed by atoms with Crippen molar-refractivity contribution in [3.8, 4) is 0 Å². The molecule has 1 amide bonds. The Balaban J connectivity index is 2.41. The highest BCUT2D eigenvalue weighted by molar-refractivity contribution is 5.91. The van der Waals surface area contributed by atoms with Gasteiger partial charge in [0, 0.05) is 32.1 Å². The van der Waals surface area contributed by atoms with Crippen molar-refractivity contribution in [2.75, 3.05) is 44.6 Å². The van der Waals surface area contributed by atoms with Gasteiger partial charge in [-0.1, -0.05) is 6.92 Å². The number of anilines is 2. The van der Waals surface area contributed by atoms with Crippen molar-refractivity contribution in [2.45, 2.75) is 6.92 Å². The molecule has 0 radical (unpaired) electrons. The van der Waals surface area contributed by atoms with Gasteiger partial charge in [-0.25, -0.2) is 0 Å². The van der Waals surface area contributed by atoms with E-state index in [1.165, 1.54) is 7.11 Å². The molecule has 1 aromatic carbocycles. The van der Waals surface area contributed by atoms with Gasteiger partial charge in [0.25, 0.3) is 0 Å². The van der Waals surface area contributed by atoms with Crippen LogP contribution in [-0.4, -0.2) is 39.9 Å². The van der Waals surface area contributed by atoms with Gasteiger partial charge in [0.05, 0.1) is 6.61 Å². The lowest BCUT2D eigenvalue weighted by atomic mass is 10.2. The zero-order chi connectivity index (χ0) is 14.1. The molecule has 0 aliphatic carbocycles. The first-order valence-electron chi connectivity index (χ1n) is 6.27. The molecular formula is C14H22N2O3. The van der Waals surface area contributed by atoms with Gasteiger partial charge in [0.15, 0.2) is 0 Å². The second-order valence-electron chi connectivity index (χ2n) is 4.50. The first-order valence-corrected chi connectivity index (χ1v) is 6.27. The van der Waals surface area contributed by atoms with E-state index in [1.54, 1.807) is 7.11 Å². The van der Waals surface area contributed by atoms with Crippen LogP contribution >= 0.6 is 0 Å². The first-order chi connectivity index (χ1) is 9.15. The summed E-state index contributed by atoms with van der Waals surface area (Å²) in [5.74, 6) is 0.294. The van der Waals surface area contributed by atoms with Crippen molar-refractivity contribution < 1.29 is 14.3 Å². The molecule has 1 rings (SSSR count). The number of carbonyl (C=O) groups is 1. The van der Waals surface area contributed by atoms with Crippen molar-refractivity contribution in [3.05, 3.63) is 24.3 Å². The van der Waals surface area contributed by atoms with Crippen LogP contribution in [-0.2, 0) is 14.3 Å². The van der Waals surface area contributed by atoms with Crippen LogP contribution in [0.3, 0.4) is 0 Å². The summed E-state index contributed by atoms with van der Waals surface area (Å²) in [5.41, 5.74) is 1.78. The van der Waals surface area contributed by atoms with Crippen molar-refractivity contribution in [2.24, 2.45) is 5.92 Å².